The normalized spacial score (nSPS) is 16.7. The molecule has 5 nitrogen and oxygen atoms in total. The molecule has 0 unspecified atom stereocenters. The maximum atomic E-state index is 12.5. The van der Waals surface area contributed by atoms with Gasteiger partial charge < -0.3 is 10.6 Å². The maximum absolute atomic E-state index is 12.5. The van der Waals surface area contributed by atoms with Gasteiger partial charge in [0.15, 0.2) is 4.34 Å². The van der Waals surface area contributed by atoms with Gasteiger partial charge in [0.05, 0.1) is 5.25 Å². The molecule has 0 spiro atoms. The fourth-order valence-electron chi connectivity index (χ4n) is 3.10. The van der Waals surface area contributed by atoms with Crippen LogP contribution in [0.1, 0.15) is 51.0 Å². The highest BCUT2D eigenvalue weighted by Crippen LogP contribution is 2.30. The smallest absolute Gasteiger partial charge is 0.233 e. The maximum Gasteiger partial charge on any atom is 0.233 e. The van der Waals surface area contributed by atoms with Crippen molar-refractivity contribution in [2.45, 2.75) is 68.0 Å². The van der Waals surface area contributed by atoms with Crippen LogP contribution in [-0.2, 0) is 4.79 Å². The van der Waals surface area contributed by atoms with Crippen LogP contribution in [0.5, 0.6) is 0 Å². The molecule has 1 amide bonds. The van der Waals surface area contributed by atoms with Gasteiger partial charge in [0.2, 0.25) is 11.0 Å². The molecule has 1 aromatic heterocycles. The Bertz CT molecular complexity index is 726. The number of aryl methyl sites for hydroxylation is 1. The number of nitrogens with one attached hydrogen (secondary N) is 2. The highest BCUT2D eigenvalue weighted by molar-refractivity contribution is 8.02. The molecule has 2 aromatic rings. The molecule has 1 atom stereocenters. The Kier molecular flexibility index (Phi) is 6.91. The molecule has 0 radical (unpaired) electrons. The van der Waals surface area contributed by atoms with E-state index < -0.39 is 0 Å². The van der Waals surface area contributed by atoms with Crippen LogP contribution in [0, 0.1) is 6.92 Å². The van der Waals surface area contributed by atoms with Gasteiger partial charge in [0.25, 0.3) is 0 Å². The first-order valence-electron chi connectivity index (χ1n) is 9.24. The second-order valence-corrected chi connectivity index (χ2v) is 9.39. The third-order valence-electron chi connectivity index (χ3n) is 4.52. The molecule has 0 bridgehead atoms. The van der Waals surface area contributed by atoms with E-state index in [1.165, 1.54) is 54.3 Å². The van der Waals surface area contributed by atoms with Crippen LogP contribution >= 0.6 is 23.1 Å². The number of carbonyl (C=O) groups is 1. The predicted molar refractivity (Wildman–Crippen MR) is 109 cm³/mol. The molecule has 0 saturated heterocycles. The average molecular weight is 391 g/mol. The Morgan fingerprint density at radius 3 is 2.73 bits per heavy atom. The van der Waals surface area contributed by atoms with Crippen molar-refractivity contribution in [3.05, 3.63) is 29.8 Å². The zero-order valence-corrected chi connectivity index (χ0v) is 17.0. The van der Waals surface area contributed by atoms with Crippen LogP contribution in [0.4, 0.5) is 10.8 Å². The first-order chi connectivity index (χ1) is 12.6. The van der Waals surface area contributed by atoms with Crippen LogP contribution in [0.15, 0.2) is 28.6 Å². The van der Waals surface area contributed by atoms with E-state index in [2.05, 4.69) is 39.9 Å². The Hall–Kier alpha value is -1.60. The van der Waals surface area contributed by atoms with Gasteiger partial charge >= 0.3 is 0 Å². The lowest BCUT2D eigenvalue weighted by atomic mass is 10.1. The van der Waals surface area contributed by atoms with Gasteiger partial charge in [-0.05, 0) is 44.4 Å². The molecule has 1 aliphatic rings. The quantitative estimate of drug-likeness (QED) is 0.542. The number of amides is 1. The number of rotatable bonds is 6. The van der Waals surface area contributed by atoms with Crippen LogP contribution in [0.2, 0.25) is 0 Å². The average Bonchev–Trinajstić information content (AvgIpc) is 2.88. The summed E-state index contributed by atoms with van der Waals surface area (Å²) in [4.78, 5) is 12.5. The van der Waals surface area contributed by atoms with Crippen LogP contribution in [0.3, 0.4) is 0 Å². The molecule has 1 heterocycles. The zero-order valence-electron chi connectivity index (χ0n) is 15.3. The van der Waals surface area contributed by atoms with Crippen molar-refractivity contribution in [2.24, 2.45) is 0 Å². The van der Waals surface area contributed by atoms with Gasteiger partial charge in [-0.3, -0.25) is 4.79 Å². The van der Waals surface area contributed by atoms with Gasteiger partial charge in [0, 0.05) is 11.7 Å². The lowest BCUT2D eigenvalue weighted by molar-refractivity contribution is -0.121. The predicted octanol–water partition coefficient (Wildman–Crippen LogP) is 4.91. The standard InChI is InChI=1S/C19H26N4OS2/c1-13-8-7-11-16(12-13)21-18-22-23-19(26-18)25-14(2)17(24)20-15-9-5-3-4-6-10-15/h7-8,11-12,14-15H,3-6,9-10H2,1-2H3,(H,20,24)(H,21,22)/t14-/m1/s1. The molecule has 140 valence electrons. The van der Waals surface area contributed by atoms with E-state index in [-0.39, 0.29) is 11.2 Å². The minimum atomic E-state index is -0.168. The van der Waals surface area contributed by atoms with E-state index in [0.717, 1.165) is 28.0 Å². The highest BCUT2D eigenvalue weighted by atomic mass is 32.2. The molecule has 3 rings (SSSR count). The number of hydrogen-bond donors (Lipinski definition) is 2. The summed E-state index contributed by atoms with van der Waals surface area (Å²) >= 11 is 2.95. The molecule has 1 aromatic carbocycles. The monoisotopic (exact) mass is 390 g/mol. The molecule has 1 aliphatic carbocycles. The Balaban J connectivity index is 1.51. The second kappa shape index (κ2) is 9.37. The summed E-state index contributed by atoms with van der Waals surface area (Å²) < 4.78 is 0.809. The Labute approximate surface area is 163 Å². The van der Waals surface area contributed by atoms with Crippen LogP contribution in [0.25, 0.3) is 0 Å². The number of aromatic nitrogens is 2. The molecule has 26 heavy (non-hydrogen) atoms. The molecule has 1 saturated carbocycles. The van der Waals surface area contributed by atoms with Gasteiger partial charge in [-0.1, -0.05) is 60.9 Å². The Morgan fingerprint density at radius 1 is 1.23 bits per heavy atom. The molecule has 2 N–H and O–H groups in total. The number of hydrogen-bond acceptors (Lipinski definition) is 6. The minimum absolute atomic E-state index is 0.102. The summed E-state index contributed by atoms with van der Waals surface area (Å²) in [5.41, 5.74) is 2.19. The number of carbonyl (C=O) groups excluding carboxylic acids is 1. The molecule has 7 heteroatoms. The first-order valence-corrected chi connectivity index (χ1v) is 10.9. The van der Waals surface area contributed by atoms with Crippen molar-refractivity contribution in [3.8, 4) is 0 Å². The summed E-state index contributed by atoms with van der Waals surface area (Å²) in [5, 5.41) is 15.5. The van der Waals surface area contributed by atoms with Crippen molar-refractivity contribution in [2.75, 3.05) is 5.32 Å². The fraction of sp³-hybridized carbons (Fsp3) is 0.526. The van der Waals surface area contributed by atoms with Crippen molar-refractivity contribution < 1.29 is 4.79 Å². The Morgan fingerprint density at radius 2 is 2.00 bits per heavy atom. The van der Waals surface area contributed by atoms with E-state index >= 15 is 0 Å². The number of nitrogens with zero attached hydrogens (tertiary/aromatic N) is 2. The summed E-state index contributed by atoms with van der Waals surface area (Å²) in [7, 11) is 0. The largest absolute Gasteiger partial charge is 0.352 e. The third kappa shape index (κ3) is 5.71. The third-order valence-corrected chi connectivity index (χ3v) is 6.55. The molecule has 1 fully saturated rings. The molecular weight excluding hydrogens is 364 g/mol. The van der Waals surface area contributed by atoms with Gasteiger partial charge in [-0.25, -0.2) is 0 Å². The molecular formula is C19H26N4OS2. The number of thioether (sulfide) groups is 1. The van der Waals surface area contributed by atoms with E-state index in [1.807, 2.05) is 19.1 Å². The minimum Gasteiger partial charge on any atom is -0.352 e. The summed E-state index contributed by atoms with van der Waals surface area (Å²) in [6, 6.07) is 8.47. The van der Waals surface area contributed by atoms with E-state index in [0.29, 0.717) is 6.04 Å². The van der Waals surface area contributed by atoms with Gasteiger partial charge in [0.1, 0.15) is 0 Å². The van der Waals surface area contributed by atoms with Crippen LogP contribution in [-0.4, -0.2) is 27.4 Å². The van der Waals surface area contributed by atoms with E-state index in [1.54, 1.807) is 0 Å². The first kappa shape index (κ1) is 19.2. The van der Waals surface area contributed by atoms with Gasteiger partial charge in [-0.15, -0.1) is 10.2 Å². The van der Waals surface area contributed by atoms with E-state index in [4.69, 9.17) is 0 Å². The van der Waals surface area contributed by atoms with Crippen molar-refractivity contribution in [3.63, 3.8) is 0 Å². The van der Waals surface area contributed by atoms with Crippen molar-refractivity contribution in [1.82, 2.24) is 15.5 Å². The lowest BCUT2D eigenvalue weighted by Crippen LogP contribution is -2.39. The van der Waals surface area contributed by atoms with Gasteiger partial charge in [-0.2, -0.15) is 0 Å². The van der Waals surface area contributed by atoms with Crippen LogP contribution < -0.4 is 10.6 Å². The SMILES string of the molecule is Cc1cccc(Nc2nnc(S[C@H](C)C(=O)NC3CCCCCC3)s2)c1. The number of benzene rings is 1. The topological polar surface area (TPSA) is 66.9 Å². The fourth-order valence-corrected chi connectivity index (χ4v) is 5.03. The van der Waals surface area contributed by atoms with E-state index in [9.17, 15) is 4.79 Å². The summed E-state index contributed by atoms with van der Waals surface area (Å²) in [6.07, 6.45) is 7.23. The second-order valence-electron chi connectivity index (χ2n) is 6.82. The summed E-state index contributed by atoms with van der Waals surface area (Å²) in [5.74, 6) is 0.102. The zero-order chi connectivity index (χ0) is 18.4. The summed E-state index contributed by atoms with van der Waals surface area (Å²) in [6.45, 7) is 3.99. The van der Waals surface area contributed by atoms with Crippen molar-refractivity contribution >= 4 is 39.8 Å². The lowest BCUT2D eigenvalue weighted by Gasteiger charge is -2.18. The number of anilines is 2. The van der Waals surface area contributed by atoms with Crippen molar-refractivity contribution in [1.29, 1.82) is 0 Å². The molecule has 0 aliphatic heterocycles. The highest BCUT2D eigenvalue weighted by Gasteiger charge is 2.21.